The fourth-order valence-corrected chi connectivity index (χ4v) is 1.86. The van der Waals surface area contributed by atoms with E-state index in [0.29, 0.717) is 16.8 Å². The van der Waals surface area contributed by atoms with Crippen molar-refractivity contribution in [3.05, 3.63) is 47.5 Å². The highest BCUT2D eigenvalue weighted by Crippen LogP contribution is 2.26. The van der Waals surface area contributed by atoms with Gasteiger partial charge in [0.05, 0.1) is 11.3 Å². The van der Waals surface area contributed by atoms with Gasteiger partial charge in [0, 0.05) is 16.8 Å². The summed E-state index contributed by atoms with van der Waals surface area (Å²) in [6.07, 6.45) is 3.13. The average molecular weight is 273 g/mol. The Labute approximate surface area is 114 Å². The maximum absolute atomic E-state index is 5.93. The number of hydrogen-bond acceptors (Lipinski definition) is 5. The Hall–Kier alpha value is -2.27. The summed E-state index contributed by atoms with van der Waals surface area (Å²) in [5.41, 5.74) is 2.29. The van der Waals surface area contributed by atoms with Crippen LogP contribution in [0.2, 0.25) is 5.02 Å². The normalized spacial score (nSPS) is 10.6. The lowest BCUT2D eigenvalue weighted by Gasteiger charge is -1.97. The smallest absolute Gasteiger partial charge is 0.251 e. The van der Waals surface area contributed by atoms with Crippen LogP contribution in [-0.2, 0) is 0 Å². The number of aromatic nitrogens is 4. The molecule has 0 saturated carbocycles. The number of rotatable bonds is 2. The molecule has 0 fully saturated rings. The molecule has 0 atom stereocenters. The lowest BCUT2D eigenvalue weighted by atomic mass is 10.2. The Morgan fingerprint density at radius 2 is 2.00 bits per heavy atom. The predicted molar refractivity (Wildman–Crippen MR) is 70.5 cm³/mol. The molecule has 0 unspecified atom stereocenters. The summed E-state index contributed by atoms with van der Waals surface area (Å²) in [6.45, 7) is 1.86. The number of nitrogens with zero attached hydrogens (tertiary/aromatic N) is 4. The SMILES string of the molecule is Cc1ncncc1-c1nnc(-c2cccc(Cl)c2)o1. The van der Waals surface area contributed by atoms with Gasteiger partial charge in [-0.3, -0.25) is 0 Å². The molecule has 3 aromatic rings. The number of benzene rings is 1. The summed E-state index contributed by atoms with van der Waals surface area (Å²) >= 11 is 5.93. The molecule has 0 aliphatic heterocycles. The van der Waals surface area contributed by atoms with Crippen LogP contribution in [0.1, 0.15) is 5.69 Å². The van der Waals surface area contributed by atoms with Gasteiger partial charge >= 0.3 is 0 Å². The van der Waals surface area contributed by atoms with Crippen molar-refractivity contribution in [1.82, 2.24) is 20.2 Å². The van der Waals surface area contributed by atoms with Gasteiger partial charge in [0.1, 0.15) is 6.33 Å². The van der Waals surface area contributed by atoms with E-state index < -0.39 is 0 Å². The lowest BCUT2D eigenvalue weighted by Crippen LogP contribution is -1.88. The van der Waals surface area contributed by atoms with Crippen molar-refractivity contribution in [1.29, 1.82) is 0 Å². The molecule has 0 saturated heterocycles. The molecule has 3 rings (SSSR count). The second-order valence-electron chi connectivity index (χ2n) is 3.94. The van der Waals surface area contributed by atoms with E-state index in [-0.39, 0.29) is 0 Å². The van der Waals surface area contributed by atoms with E-state index in [0.717, 1.165) is 16.8 Å². The van der Waals surface area contributed by atoms with Gasteiger partial charge in [-0.2, -0.15) is 0 Å². The highest BCUT2D eigenvalue weighted by molar-refractivity contribution is 6.30. The van der Waals surface area contributed by atoms with E-state index >= 15 is 0 Å². The number of halogens is 1. The van der Waals surface area contributed by atoms with Crippen LogP contribution in [0, 0.1) is 6.92 Å². The predicted octanol–water partition coefficient (Wildman–Crippen LogP) is 3.16. The Morgan fingerprint density at radius 3 is 2.79 bits per heavy atom. The molecule has 2 aromatic heterocycles. The molecular weight excluding hydrogens is 264 g/mol. The van der Waals surface area contributed by atoms with Gasteiger partial charge in [-0.1, -0.05) is 17.7 Å². The highest BCUT2D eigenvalue weighted by atomic mass is 35.5. The van der Waals surface area contributed by atoms with E-state index in [2.05, 4.69) is 20.2 Å². The molecule has 0 amide bonds. The minimum absolute atomic E-state index is 0.396. The molecular formula is C13H9ClN4O. The molecule has 0 N–H and O–H groups in total. The van der Waals surface area contributed by atoms with Crippen molar-refractivity contribution in [2.45, 2.75) is 6.92 Å². The summed E-state index contributed by atoms with van der Waals surface area (Å²) in [5.74, 6) is 0.814. The van der Waals surface area contributed by atoms with E-state index in [1.54, 1.807) is 18.3 Å². The number of hydrogen-bond donors (Lipinski definition) is 0. The first-order chi connectivity index (χ1) is 9.24. The maximum atomic E-state index is 5.93. The Balaban J connectivity index is 2.03. The fourth-order valence-electron chi connectivity index (χ4n) is 1.67. The topological polar surface area (TPSA) is 64.7 Å². The molecule has 0 aliphatic rings. The van der Waals surface area contributed by atoms with Crippen LogP contribution in [0.4, 0.5) is 0 Å². The first kappa shape index (κ1) is 11.8. The van der Waals surface area contributed by atoms with Gasteiger partial charge in [0.2, 0.25) is 5.89 Å². The quantitative estimate of drug-likeness (QED) is 0.717. The Bertz CT molecular complexity index is 726. The molecule has 0 radical (unpaired) electrons. The van der Waals surface area contributed by atoms with Crippen molar-refractivity contribution in [2.75, 3.05) is 0 Å². The second-order valence-corrected chi connectivity index (χ2v) is 4.38. The van der Waals surface area contributed by atoms with Crippen molar-refractivity contribution >= 4 is 11.6 Å². The molecule has 6 heteroatoms. The monoisotopic (exact) mass is 272 g/mol. The molecule has 94 valence electrons. The van der Waals surface area contributed by atoms with Crippen LogP contribution in [0.15, 0.2) is 41.2 Å². The minimum Gasteiger partial charge on any atom is -0.416 e. The van der Waals surface area contributed by atoms with Gasteiger partial charge in [0.15, 0.2) is 0 Å². The summed E-state index contributed by atoms with van der Waals surface area (Å²) in [7, 11) is 0. The van der Waals surface area contributed by atoms with Gasteiger partial charge in [-0.15, -0.1) is 10.2 Å². The molecule has 0 bridgehead atoms. The van der Waals surface area contributed by atoms with Crippen LogP contribution in [0.3, 0.4) is 0 Å². The minimum atomic E-state index is 0.396. The van der Waals surface area contributed by atoms with E-state index in [9.17, 15) is 0 Å². The maximum Gasteiger partial charge on any atom is 0.251 e. The summed E-state index contributed by atoms with van der Waals surface area (Å²) in [5, 5.41) is 8.65. The van der Waals surface area contributed by atoms with Crippen molar-refractivity contribution in [2.24, 2.45) is 0 Å². The Kier molecular flexibility index (Phi) is 2.97. The average Bonchev–Trinajstić information content (AvgIpc) is 2.89. The van der Waals surface area contributed by atoms with Gasteiger partial charge in [-0.05, 0) is 25.1 Å². The third-order valence-electron chi connectivity index (χ3n) is 2.64. The lowest BCUT2D eigenvalue weighted by molar-refractivity contribution is 0.583. The van der Waals surface area contributed by atoms with Crippen molar-refractivity contribution in [3.8, 4) is 22.9 Å². The molecule has 19 heavy (non-hydrogen) atoms. The van der Waals surface area contributed by atoms with Crippen LogP contribution < -0.4 is 0 Å². The zero-order valence-electron chi connectivity index (χ0n) is 10.0. The number of aryl methyl sites for hydroxylation is 1. The zero-order valence-corrected chi connectivity index (χ0v) is 10.8. The third-order valence-corrected chi connectivity index (χ3v) is 2.87. The third kappa shape index (κ3) is 2.32. The van der Waals surface area contributed by atoms with Crippen molar-refractivity contribution < 1.29 is 4.42 Å². The zero-order chi connectivity index (χ0) is 13.2. The Morgan fingerprint density at radius 1 is 1.16 bits per heavy atom. The highest BCUT2D eigenvalue weighted by Gasteiger charge is 2.13. The van der Waals surface area contributed by atoms with Gasteiger partial charge in [-0.25, -0.2) is 9.97 Å². The van der Waals surface area contributed by atoms with Crippen LogP contribution in [0.25, 0.3) is 22.9 Å². The molecule has 1 aromatic carbocycles. The summed E-state index contributed by atoms with van der Waals surface area (Å²) in [4.78, 5) is 8.05. The van der Waals surface area contributed by atoms with Gasteiger partial charge < -0.3 is 4.42 Å². The standard InChI is InChI=1S/C13H9ClN4O/c1-8-11(6-15-7-16-8)13-18-17-12(19-13)9-3-2-4-10(14)5-9/h2-7H,1H3. The van der Waals surface area contributed by atoms with Crippen LogP contribution >= 0.6 is 11.6 Å². The van der Waals surface area contributed by atoms with Crippen LogP contribution in [0.5, 0.6) is 0 Å². The van der Waals surface area contributed by atoms with E-state index in [1.165, 1.54) is 6.33 Å². The van der Waals surface area contributed by atoms with Gasteiger partial charge in [0.25, 0.3) is 5.89 Å². The first-order valence-corrected chi connectivity index (χ1v) is 5.98. The summed E-state index contributed by atoms with van der Waals surface area (Å²) < 4.78 is 5.63. The summed E-state index contributed by atoms with van der Waals surface area (Å²) in [6, 6.07) is 7.25. The van der Waals surface area contributed by atoms with E-state index in [4.69, 9.17) is 16.0 Å². The largest absolute Gasteiger partial charge is 0.416 e. The van der Waals surface area contributed by atoms with E-state index in [1.807, 2.05) is 19.1 Å². The fraction of sp³-hybridized carbons (Fsp3) is 0.0769. The molecule has 0 spiro atoms. The molecule has 2 heterocycles. The van der Waals surface area contributed by atoms with Crippen molar-refractivity contribution in [3.63, 3.8) is 0 Å². The second kappa shape index (κ2) is 4.78. The molecule has 0 aliphatic carbocycles. The first-order valence-electron chi connectivity index (χ1n) is 5.60. The van der Waals surface area contributed by atoms with Crippen LogP contribution in [-0.4, -0.2) is 20.2 Å². The molecule has 5 nitrogen and oxygen atoms in total.